The summed E-state index contributed by atoms with van der Waals surface area (Å²) in [6, 6.07) is 1.72. The van der Waals surface area contributed by atoms with Crippen LogP contribution in [0.2, 0.25) is 0 Å². The number of aromatic hydroxyl groups is 1. The van der Waals surface area contributed by atoms with Crippen LogP contribution in [-0.2, 0) is 11.2 Å². The molecule has 2 heterocycles. The number of anilines is 1. The summed E-state index contributed by atoms with van der Waals surface area (Å²) in [4.78, 5) is 29.5. The second kappa shape index (κ2) is 7.02. The lowest BCUT2D eigenvalue weighted by Crippen LogP contribution is -2.27. The molecule has 0 bridgehead atoms. The number of aromatic amines is 1. The molecule has 1 aromatic carbocycles. The van der Waals surface area contributed by atoms with E-state index in [1.807, 2.05) is 0 Å². The summed E-state index contributed by atoms with van der Waals surface area (Å²) in [6.07, 6.45) is 1.83. The first-order valence-electron chi connectivity index (χ1n) is 9.22. The molecule has 2 aromatic rings. The van der Waals surface area contributed by atoms with Gasteiger partial charge in [-0.2, -0.15) is 0 Å². The van der Waals surface area contributed by atoms with Gasteiger partial charge < -0.3 is 19.7 Å². The third-order valence-corrected chi connectivity index (χ3v) is 5.16. The van der Waals surface area contributed by atoms with Gasteiger partial charge in [-0.25, -0.2) is 4.79 Å². The van der Waals surface area contributed by atoms with Crippen molar-refractivity contribution in [2.45, 2.75) is 40.5 Å². The number of phenolic OH excluding ortho intramolecular Hbond substituents is 1. The van der Waals surface area contributed by atoms with E-state index in [0.717, 1.165) is 42.6 Å². The van der Waals surface area contributed by atoms with Gasteiger partial charge in [-0.3, -0.25) is 4.79 Å². The molecule has 26 heavy (non-hydrogen) atoms. The second-order valence-electron chi connectivity index (χ2n) is 7.01. The Bertz CT molecular complexity index is 869. The van der Waals surface area contributed by atoms with Crippen LogP contribution in [0.3, 0.4) is 0 Å². The van der Waals surface area contributed by atoms with Crippen LogP contribution in [0.4, 0.5) is 5.69 Å². The predicted octanol–water partition coefficient (Wildman–Crippen LogP) is 3.66. The smallest absolute Gasteiger partial charge is 0.354 e. The van der Waals surface area contributed by atoms with Gasteiger partial charge in [-0.1, -0.05) is 20.3 Å². The number of hydrogen-bond acceptors (Lipinski definition) is 5. The number of phenols is 1. The average molecular weight is 358 g/mol. The quantitative estimate of drug-likeness (QED) is 0.608. The molecule has 0 spiro atoms. The van der Waals surface area contributed by atoms with Crippen molar-refractivity contribution in [1.29, 1.82) is 0 Å². The summed E-state index contributed by atoms with van der Waals surface area (Å²) in [5, 5.41) is 11.6. The number of benzene rings is 1. The summed E-state index contributed by atoms with van der Waals surface area (Å²) in [5.74, 6) is -0.238. The standard InChI is InChI=1S/C20H26N2O4/c1-5-11(3)10-22-8-7-13-14-9-15(20(25)26-6-2)21-17(14)19(24)16(12(4)23)18(13)22/h9,11,21,24H,5-8,10H2,1-4H3. The SMILES string of the molecule is CCOC(=O)c1cc2c3c(c(C(C)=O)c(O)c2[nH]1)N(CC(C)CC)CC3. The lowest BCUT2D eigenvalue weighted by Gasteiger charge is -2.25. The van der Waals surface area contributed by atoms with Crippen LogP contribution >= 0.6 is 0 Å². The van der Waals surface area contributed by atoms with Crippen molar-refractivity contribution in [3.8, 4) is 5.75 Å². The van der Waals surface area contributed by atoms with Crippen molar-refractivity contribution in [2.75, 3.05) is 24.6 Å². The number of hydrogen-bond donors (Lipinski definition) is 2. The lowest BCUT2D eigenvalue weighted by atomic mass is 9.98. The zero-order chi connectivity index (χ0) is 19.0. The van der Waals surface area contributed by atoms with Gasteiger partial charge >= 0.3 is 5.97 Å². The molecule has 0 saturated heterocycles. The zero-order valence-electron chi connectivity index (χ0n) is 15.8. The van der Waals surface area contributed by atoms with Crippen molar-refractivity contribution in [1.82, 2.24) is 4.98 Å². The molecular formula is C20H26N2O4. The minimum Gasteiger partial charge on any atom is -0.505 e. The molecule has 6 heteroatoms. The summed E-state index contributed by atoms with van der Waals surface area (Å²) < 4.78 is 5.05. The lowest BCUT2D eigenvalue weighted by molar-refractivity contribution is 0.0520. The fourth-order valence-corrected chi connectivity index (χ4v) is 3.70. The Kier molecular flexibility index (Phi) is 4.94. The first-order valence-corrected chi connectivity index (χ1v) is 9.22. The molecular weight excluding hydrogens is 332 g/mol. The summed E-state index contributed by atoms with van der Waals surface area (Å²) in [7, 11) is 0. The first-order chi connectivity index (χ1) is 12.4. The zero-order valence-corrected chi connectivity index (χ0v) is 15.8. The Morgan fingerprint density at radius 1 is 1.38 bits per heavy atom. The molecule has 1 unspecified atom stereocenters. The van der Waals surface area contributed by atoms with Crippen molar-refractivity contribution in [3.05, 3.63) is 22.9 Å². The van der Waals surface area contributed by atoms with E-state index >= 15 is 0 Å². The summed E-state index contributed by atoms with van der Waals surface area (Å²) in [5.41, 5.74) is 2.89. The Morgan fingerprint density at radius 2 is 2.12 bits per heavy atom. The van der Waals surface area contributed by atoms with Crippen LogP contribution in [0, 0.1) is 5.92 Å². The number of aromatic nitrogens is 1. The van der Waals surface area contributed by atoms with Crippen LogP contribution in [0.25, 0.3) is 10.9 Å². The van der Waals surface area contributed by atoms with Gasteiger partial charge in [0.25, 0.3) is 0 Å². The van der Waals surface area contributed by atoms with Crippen LogP contribution < -0.4 is 4.90 Å². The number of ether oxygens (including phenoxy) is 1. The monoisotopic (exact) mass is 358 g/mol. The maximum absolute atomic E-state index is 12.3. The molecule has 1 atom stereocenters. The molecule has 3 rings (SSSR count). The van der Waals surface area contributed by atoms with E-state index in [9.17, 15) is 14.7 Å². The van der Waals surface area contributed by atoms with Crippen molar-refractivity contribution < 1.29 is 19.4 Å². The number of Topliss-reactive ketones (excluding diaryl/α,β-unsaturated/α-hetero) is 1. The first kappa shape index (κ1) is 18.3. The molecule has 0 saturated carbocycles. The molecule has 0 fully saturated rings. The maximum atomic E-state index is 12.3. The summed E-state index contributed by atoms with van der Waals surface area (Å²) >= 11 is 0. The van der Waals surface area contributed by atoms with Crippen molar-refractivity contribution in [3.63, 3.8) is 0 Å². The Labute approximate surface area is 153 Å². The number of fused-ring (bicyclic) bond motifs is 3. The molecule has 1 aromatic heterocycles. The minimum atomic E-state index is -0.462. The number of carbonyl (C=O) groups excluding carboxylic acids is 2. The van der Waals surface area contributed by atoms with Crippen LogP contribution in [0.1, 0.15) is 60.5 Å². The Morgan fingerprint density at radius 3 is 2.73 bits per heavy atom. The fraction of sp³-hybridized carbons (Fsp3) is 0.500. The van der Waals surface area contributed by atoms with E-state index < -0.39 is 5.97 Å². The van der Waals surface area contributed by atoms with Gasteiger partial charge in [0.15, 0.2) is 11.5 Å². The summed E-state index contributed by atoms with van der Waals surface area (Å²) in [6.45, 7) is 9.46. The van der Waals surface area contributed by atoms with E-state index in [0.29, 0.717) is 22.7 Å². The van der Waals surface area contributed by atoms with Gasteiger partial charge in [0.05, 0.1) is 23.4 Å². The third-order valence-electron chi connectivity index (χ3n) is 5.16. The van der Waals surface area contributed by atoms with E-state index in [-0.39, 0.29) is 18.1 Å². The highest BCUT2D eigenvalue weighted by Crippen LogP contribution is 2.44. The van der Waals surface area contributed by atoms with Gasteiger partial charge in [0.2, 0.25) is 0 Å². The molecule has 0 amide bonds. The maximum Gasteiger partial charge on any atom is 0.354 e. The van der Waals surface area contributed by atoms with E-state index in [1.165, 1.54) is 6.92 Å². The highest BCUT2D eigenvalue weighted by atomic mass is 16.5. The largest absolute Gasteiger partial charge is 0.505 e. The topological polar surface area (TPSA) is 82.6 Å². The van der Waals surface area contributed by atoms with Crippen LogP contribution in [0.15, 0.2) is 6.07 Å². The van der Waals surface area contributed by atoms with Gasteiger partial charge in [0, 0.05) is 18.5 Å². The van der Waals surface area contributed by atoms with E-state index in [2.05, 4.69) is 23.7 Å². The molecule has 1 aliphatic heterocycles. The number of rotatable bonds is 6. The fourth-order valence-electron chi connectivity index (χ4n) is 3.70. The van der Waals surface area contributed by atoms with Crippen LogP contribution in [-0.4, -0.2) is 41.5 Å². The highest BCUT2D eigenvalue weighted by molar-refractivity contribution is 6.12. The van der Waals surface area contributed by atoms with E-state index in [1.54, 1.807) is 13.0 Å². The van der Waals surface area contributed by atoms with Gasteiger partial charge in [-0.05, 0) is 37.8 Å². The van der Waals surface area contributed by atoms with Crippen molar-refractivity contribution >= 4 is 28.3 Å². The second-order valence-corrected chi connectivity index (χ2v) is 7.01. The number of H-pyrrole nitrogens is 1. The highest BCUT2D eigenvalue weighted by Gasteiger charge is 2.31. The van der Waals surface area contributed by atoms with Gasteiger partial charge in [-0.15, -0.1) is 0 Å². The number of carbonyl (C=O) groups is 2. The van der Waals surface area contributed by atoms with Crippen LogP contribution in [0.5, 0.6) is 5.75 Å². The molecule has 0 aliphatic carbocycles. The number of nitrogens with one attached hydrogen (secondary N) is 1. The molecule has 0 radical (unpaired) electrons. The third kappa shape index (κ3) is 2.93. The molecule has 140 valence electrons. The minimum absolute atomic E-state index is 0.0853. The number of nitrogens with zero attached hydrogens (tertiary/aromatic N) is 1. The van der Waals surface area contributed by atoms with Gasteiger partial charge in [0.1, 0.15) is 5.69 Å². The normalized spacial score (nSPS) is 14.5. The van der Waals surface area contributed by atoms with Crippen molar-refractivity contribution in [2.24, 2.45) is 5.92 Å². The average Bonchev–Trinajstić information content (AvgIpc) is 3.20. The molecule has 6 nitrogen and oxygen atoms in total. The molecule has 2 N–H and O–H groups in total. The number of ketones is 1. The Balaban J connectivity index is 2.20. The molecule has 1 aliphatic rings. The Hall–Kier alpha value is -2.50. The van der Waals surface area contributed by atoms with E-state index in [4.69, 9.17) is 4.74 Å². The number of esters is 1. The predicted molar refractivity (Wildman–Crippen MR) is 101 cm³/mol.